The summed E-state index contributed by atoms with van der Waals surface area (Å²) in [5.41, 5.74) is 6.19. The molecule has 0 aliphatic heterocycles. The minimum Gasteiger partial charge on any atom is -0.481 e. The van der Waals surface area contributed by atoms with Gasteiger partial charge in [0, 0.05) is 17.0 Å². The number of hydrogen-bond acceptors (Lipinski definition) is 2. The van der Waals surface area contributed by atoms with Crippen molar-refractivity contribution >= 4 is 17.6 Å². The molecule has 0 aliphatic carbocycles. The van der Waals surface area contributed by atoms with Crippen molar-refractivity contribution in [3.63, 3.8) is 0 Å². The van der Waals surface area contributed by atoms with Crippen LogP contribution < -0.4 is 5.73 Å². The Hall–Kier alpha value is -1.06. The van der Waals surface area contributed by atoms with Crippen LogP contribution >= 0.6 is 11.6 Å². The third kappa shape index (κ3) is 2.74. The summed E-state index contributed by atoms with van der Waals surface area (Å²) in [5.74, 6) is -0.831. The Morgan fingerprint density at radius 1 is 1.44 bits per heavy atom. The van der Waals surface area contributed by atoms with E-state index >= 15 is 0 Å². The lowest BCUT2D eigenvalue weighted by Crippen LogP contribution is -2.36. The van der Waals surface area contributed by atoms with Crippen molar-refractivity contribution < 1.29 is 9.90 Å². The number of halogens is 1. The predicted molar refractivity (Wildman–Crippen MR) is 64.7 cm³/mol. The predicted octanol–water partition coefficient (Wildman–Crippen LogP) is 2.42. The first-order valence-electron chi connectivity index (χ1n) is 5.22. The highest BCUT2D eigenvalue weighted by atomic mass is 35.5. The monoisotopic (exact) mass is 241 g/mol. The number of hydrogen-bond donors (Lipinski definition) is 2. The van der Waals surface area contributed by atoms with Crippen LogP contribution in [0.25, 0.3) is 0 Å². The highest BCUT2D eigenvalue weighted by Crippen LogP contribution is 2.31. The molecule has 1 aromatic carbocycles. The molecule has 0 spiro atoms. The number of carbonyl (C=O) groups is 1. The van der Waals surface area contributed by atoms with E-state index in [0.29, 0.717) is 18.0 Å². The van der Waals surface area contributed by atoms with Gasteiger partial charge in [0.05, 0.1) is 6.42 Å². The molecule has 1 aromatic rings. The van der Waals surface area contributed by atoms with Gasteiger partial charge in [-0.05, 0) is 24.1 Å². The molecule has 0 saturated carbocycles. The Labute approximate surface area is 100 Å². The van der Waals surface area contributed by atoms with E-state index < -0.39 is 11.4 Å². The van der Waals surface area contributed by atoms with Gasteiger partial charge in [0.2, 0.25) is 0 Å². The number of aliphatic carboxylic acids is 1. The third-order valence-electron chi connectivity index (χ3n) is 3.01. The van der Waals surface area contributed by atoms with Crippen molar-refractivity contribution in [1.82, 2.24) is 0 Å². The molecule has 3 nitrogen and oxygen atoms in total. The Morgan fingerprint density at radius 2 is 2.00 bits per heavy atom. The molecule has 88 valence electrons. The van der Waals surface area contributed by atoms with Crippen molar-refractivity contribution in [3.05, 3.63) is 34.9 Å². The topological polar surface area (TPSA) is 63.3 Å². The van der Waals surface area contributed by atoms with Gasteiger partial charge in [-0.3, -0.25) is 4.79 Å². The van der Waals surface area contributed by atoms with E-state index in [1.807, 2.05) is 19.1 Å². The maximum atomic E-state index is 10.9. The molecule has 16 heavy (non-hydrogen) atoms. The largest absolute Gasteiger partial charge is 0.481 e. The Balaban J connectivity index is 3.09. The van der Waals surface area contributed by atoms with Crippen molar-refractivity contribution in [2.75, 3.05) is 6.54 Å². The number of benzene rings is 1. The van der Waals surface area contributed by atoms with Crippen LogP contribution in [-0.4, -0.2) is 17.6 Å². The van der Waals surface area contributed by atoms with Crippen LogP contribution in [0.3, 0.4) is 0 Å². The molecule has 0 aliphatic rings. The van der Waals surface area contributed by atoms with E-state index in [-0.39, 0.29) is 6.42 Å². The highest BCUT2D eigenvalue weighted by Gasteiger charge is 2.31. The summed E-state index contributed by atoms with van der Waals surface area (Å²) >= 11 is 5.81. The Kier molecular flexibility index (Phi) is 4.33. The van der Waals surface area contributed by atoms with Crippen LogP contribution in [0.4, 0.5) is 0 Å². The Morgan fingerprint density at radius 3 is 2.38 bits per heavy atom. The van der Waals surface area contributed by atoms with E-state index in [1.165, 1.54) is 0 Å². The lowest BCUT2D eigenvalue weighted by molar-refractivity contribution is -0.138. The maximum absolute atomic E-state index is 10.9. The number of rotatable bonds is 5. The average Bonchev–Trinajstić information content (AvgIpc) is 2.27. The van der Waals surface area contributed by atoms with Crippen molar-refractivity contribution in [1.29, 1.82) is 0 Å². The average molecular weight is 242 g/mol. The van der Waals surface area contributed by atoms with Crippen molar-refractivity contribution in [2.45, 2.75) is 25.2 Å². The molecule has 0 aromatic heterocycles. The second-order valence-electron chi connectivity index (χ2n) is 3.92. The van der Waals surface area contributed by atoms with Crippen LogP contribution in [0.2, 0.25) is 5.02 Å². The van der Waals surface area contributed by atoms with Crippen molar-refractivity contribution in [3.8, 4) is 0 Å². The first-order chi connectivity index (χ1) is 7.54. The van der Waals surface area contributed by atoms with E-state index in [1.54, 1.807) is 12.1 Å². The van der Waals surface area contributed by atoms with Gasteiger partial charge in [0.25, 0.3) is 0 Å². The van der Waals surface area contributed by atoms with E-state index in [4.69, 9.17) is 22.4 Å². The fourth-order valence-corrected chi connectivity index (χ4v) is 1.98. The molecule has 0 saturated heterocycles. The molecule has 0 amide bonds. The molecule has 1 rings (SSSR count). The minimum atomic E-state index is -0.831. The third-order valence-corrected chi connectivity index (χ3v) is 3.27. The van der Waals surface area contributed by atoms with Crippen molar-refractivity contribution in [2.24, 2.45) is 5.73 Å². The standard InChI is InChI=1S/C12H16ClNO2/c1-2-12(8-14,7-11(15)16)9-3-5-10(13)6-4-9/h3-6H,2,7-8,14H2,1H3,(H,15,16). The summed E-state index contributed by atoms with van der Waals surface area (Å²) in [5, 5.41) is 9.59. The summed E-state index contributed by atoms with van der Waals surface area (Å²) < 4.78 is 0. The Bertz CT molecular complexity index is 358. The van der Waals surface area contributed by atoms with Crippen LogP contribution in [0.1, 0.15) is 25.3 Å². The van der Waals surface area contributed by atoms with Gasteiger partial charge in [0.15, 0.2) is 0 Å². The van der Waals surface area contributed by atoms with Gasteiger partial charge in [-0.15, -0.1) is 0 Å². The van der Waals surface area contributed by atoms with E-state index in [2.05, 4.69) is 0 Å². The molecular formula is C12H16ClNO2. The molecule has 0 radical (unpaired) electrons. The van der Waals surface area contributed by atoms with Crippen LogP contribution in [0.15, 0.2) is 24.3 Å². The second-order valence-corrected chi connectivity index (χ2v) is 4.35. The van der Waals surface area contributed by atoms with Gasteiger partial charge in [-0.2, -0.15) is 0 Å². The number of carboxylic acids is 1. The van der Waals surface area contributed by atoms with Crippen LogP contribution in [0, 0.1) is 0 Å². The molecule has 1 unspecified atom stereocenters. The van der Waals surface area contributed by atoms with Gasteiger partial charge in [-0.25, -0.2) is 0 Å². The highest BCUT2D eigenvalue weighted by molar-refractivity contribution is 6.30. The quantitative estimate of drug-likeness (QED) is 0.832. The molecule has 0 fully saturated rings. The fourth-order valence-electron chi connectivity index (χ4n) is 1.86. The zero-order chi connectivity index (χ0) is 12.2. The molecule has 3 N–H and O–H groups in total. The van der Waals surface area contributed by atoms with Gasteiger partial charge < -0.3 is 10.8 Å². The van der Waals surface area contributed by atoms with E-state index in [9.17, 15) is 4.79 Å². The molecule has 4 heteroatoms. The van der Waals surface area contributed by atoms with Gasteiger partial charge >= 0.3 is 5.97 Å². The fraction of sp³-hybridized carbons (Fsp3) is 0.417. The van der Waals surface area contributed by atoms with Crippen LogP contribution in [-0.2, 0) is 10.2 Å². The minimum absolute atomic E-state index is 0.0433. The molecule has 0 bridgehead atoms. The zero-order valence-corrected chi connectivity index (χ0v) is 10.00. The SMILES string of the molecule is CCC(CN)(CC(=O)O)c1ccc(Cl)cc1. The second kappa shape index (κ2) is 5.32. The first kappa shape index (κ1) is 13.0. The maximum Gasteiger partial charge on any atom is 0.304 e. The first-order valence-corrected chi connectivity index (χ1v) is 5.60. The lowest BCUT2D eigenvalue weighted by atomic mass is 9.75. The normalized spacial score (nSPS) is 14.4. The van der Waals surface area contributed by atoms with E-state index in [0.717, 1.165) is 5.56 Å². The summed E-state index contributed by atoms with van der Waals surface area (Å²) in [4.78, 5) is 10.9. The summed E-state index contributed by atoms with van der Waals surface area (Å²) in [6.07, 6.45) is 0.735. The molecule has 0 heterocycles. The molecule has 1 atom stereocenters. The lowest BCUT2D eigenvalue weighted by Gasteiger charge is -2.30. The summed E-state index contributed by atoms with van der Waals surface area (Å²) in [7, 11) is 0. The smallest absolute Gasteiger partial charge is 0.304 e. The summed E-state index contributed by atoms with van der Waals surface area (Å²) in [6.45, 7) is 2.27. The summed E-state index contributed by atoms with van der Waals surface area (Å²) in [6, 6.07) is 7.22. The van der Waals surface area contributed by atoms with Gasteiger partial charge in [0.1, 0.15) is 0 Å². The van der Waals surface area contributed by atoms with Crippen LogP contribution in [0.5, 0.6) is 0 Å². The number of carboxylic acid groups (broad SMARTS) is 1. The van der Waals surface area contributed by atoms with Gasteiger partial charge in [-0.1, -0.05) is 30.7 Å². The zero-order valence-electron chi connectivity index (χ0n) is 9.24. The molecular weight excluding hydrogens is 226 g/mol. The number of nitrogens with two attached hydrogens (primary N) is 1.